The van der Waals surface area contributed by atoms with E-state index in [1.54, 1.807) is 18.2 Å². The van der Waals surface area contributed by atoms with Crippen LogP contribution in [0.3, 0.4) is 0 Å². The second kappa shape index (κ2) is 5.62. The third-order valence-corrected chi connectivity index (χ3v) is 5.08. The molecule has 0 saturated carbocycles. The average Bonchev–Trinajstić information content (AvgIpc) is 3.01. The molecule has 3 rings (SSSR count). The Morgan fingerprint density at radius 3 is 2.43 bits per heavy atom. The average molecular weight is 301 g/mol. The Bertz CT molecular complexity index is 730. The van der Waals surface area contributed by atoms with Gasteiger partial charge in [-0.15, -0.1) is 0 Å². The predicted octanol–water partition coefficient (Wildman–Crippen LogP) is 3.18. The van der Waals surface area contributed by atoms with E-state index in [4.69, 9.17) is 0 Å². The minimum atomic E-state index is -3.16. The summed E-state index contributed by atoms with van der Waals surface area (Å²) in [5.74, 6) is 0. The van der Waals surface area contributed by atoms with Crippen LogP contribution < -0.4 is 5.32 Å². The Kier molecular flexibility index (Phi) is 3.83. The van der Waals surface area contributed by atoms with Crippen LogP contribution in [-0.4, -0.2) is 21.2 Å². The van der Waals surface area contributed by atoms with E-state index in [-0.39, 0.29) is 0 Å². The van der Waals surface area contributed by atoms with Gasteiger partial charge in [0.25, 0.3) is 0 Å². The molecule has 0 spiro atoms. The number of sulfone groups is 1. The lowest BCUT2D eigenvalue weighted by atomic mass is 10.00. The quantitative estimate of drug-likeness (QED) is 0.947. The van der Waals surface area contributed by atoms with Gasteiger partial charge in [0.15, 0.2) is 9.84 Å². The number of hydrogen-bond acceptors (Lipinski definition) is 3. The molecular weight excluding hydrogens is 282 g/mol. The molecule has 0 aromatic heterocycles. The molecule has 1 aliphatic rings. The molecule has 1 heterocycles. The van der Waals surface area contributed by atoms with Gasteiger partial charge in [-0.3, -0.25) is 0 Å². The summed E-state index contributed by atoms with van der Waals surface area (Å²) in [5, 5.41) is 3.48. The smallest absolute Gasteiger partial charge is 0.175 e. The number of rotatable bonds is 3. The minimum absolute atomic E-state index is 0.363. The highest BCUT2D eigenvalue weighted by atomic mass is 32.2. The van der Waals surface area contributed by atoms with Crippen molar-refractivity contribution >= 4 is 9.84 Å². The van der Waals surface area contributed by atoms with E-state index in [0.717, 1.165) is 17.7 Å². The molecule has 21 heavy (non-hydrogen) atoms. The van der Waals surface area contributed by atoms with E-state index in [2.05, 4.69) is 29.6 Å². The second-order valence-electron chi connectivity index (χ2n) is 5.57. The highest BCUT2D eigenvalue weighted by Crippen LogP contribution is 2.27. The van der Waals surface area contributed by atoms with Gasteiger partial charge in [-0.1, -0.05) is 36.4 Å². The highest BCUT2D eigenvalue weighted by Gasteiger charge is 2.15. The van der Waals surface area contributed by atoms with Crippen molar-refractivity contribution in [1.82, 2.24) is 5.32 Å². The summed E-state index contributed by atoms with van der Waals surface area (Å²) in [5.41, 5.74) is 3.28. The van der Waals surface area contributed by atoms with Crippen molar-refractivity contribution in [3.8, 4) is 11.1 Å². The van der Waals surface area contributed by atoms with E-state index >= 15 is 0 Å². The van der Waals surface area contributed by atoms with Gasteiger partial charge in [0, 0.05) is 12.3 Å². The van der Waals surface area contributed by atoms with Gasteiger partial charge < -0.3 is 5.32 Å². The Labute approximate surface area is 125 Å². The van der Waals surface area contributed by atoms with Gasteiger partial charge in [0.1, 0.15) is 0 Å². The van der Waals surface area contributed by atoms with Gasteiger partial charge in [0.05, 0.1) is 4.90 Å². The molecule has 110 valence electrons. The first-order chi connectivity index (χ1) is 10.0. The molecular formula is C17H19NO2S. The molecule has 1 N–H and O–H groups in total. The molecule has 0 amide bonds. The van der Waals surface area contributed by atoms with Crippen LogP contribution >= 0.6 is 0 Å². The van der Waals surface area contributed by atoms with Crippen LogP contribution in [0.4, 0.5) is 0 Å². The Morgan fingerprint density at radius 1 is 1.05 bits per heavy atom. The third-order valence-electron chi connectivity index (χ3n) is 3.97. The maximum absolute atomic E-state index is 11.6. The molecule has 0 bridgehead atoms. The fourth-order valence-corrected chi connectivity index (χ4v) is 3.45. The van der Waals surface area contributed by atoms with Crippen molar-refractivity contribution in [2.45, 2.75) is 23.8 Å². The Hall–Kier alpha value is -1.65. The summed E-state index contributed by atoms with van der Waals surface area (Å²) in [4.78, 5) is 0.363. The molecule has 2 aromatic rings. The SMILES string of the molecule is CS(=O)(=O)c1cccc(-c2ccc(C3CCCN3)cc2)c1. The lowest BCUT2D eigenvalue weighted by molar-refractivity contribution is 0.602. The van der Waals surface area contributed by atoms with E-state index < -0.39 is 9.84 Å². The lowest BCUT2D eigenvalue weighted by Crippen LogP contribution is -2.12. The van der Waals surface area contributed by atoms with Crippen LogP contribution in [0.1, 0.15) is 24.4 Å². The molecule has 1 aliphatic heterocycles. The lowest BCUT2D eigenvalue weighted by Gasteiger charge is -2.11. The van der Waals surface area contributed by atoms with Crippen LogP contribution in [0.5, 0.6) is 0 Å². The Morgan fingerprint density at radius 2 is 1.81 bits per heavy atom. The molecule has 1 atom stereocenters. The standard InChI is InChI=1S/C17H19NO2S/c1-21(19,20)16-5-2-4-15(12-16)13-7-9-14(10-8-13)17-6-3-11-18-17/h2,4-5,7-10,12,17-18H,3,6,11H2,1H3. The van der Waals surface area contributed by atoms with Crippen molar-refractivity contribution in [1.29, 1.82) is 0 Å². The van der Waals surface area contributed by atoms with Gasteiger partial charge in [-0.05, 0) is 48.2 Å². The predicted molar refractivity (Wildman–Crippen MR) is 85.0 cm³/mol. The zero-order chi connectivity index (χ0) is 14.9. The third kappa shape index (κ3) is 3.17. The van der Waals surface area contributed by atoms with Crippen LogP contribution in [0.15, 0.2) is 53.4 Å². The topological polar surface area (TPSA) is 46.2 Å². The number of nitrogens with one attached hydrogen (secondary N) is 1. The first-order valence-corrected chi connectivity index (χ1v) is 9.07. The van der Waals surface area contributed by atoms with E-state index in [1.807, 2.05) is 6.07 Å². The van der Waals surface area contributed by atoms with E-state index in [1.165, 1.54) is 24.7 Å². The van der Waals surface area contributed by atoms with Crippen LogP contribution in [-0.2, 0) is 9.84 Å². The highest BCUT2D eigenvalue weighted by molar-refractivity contribution is 7.90. The van der Waals surface area contributed by atoms with Crippen molar-refractivity contribution < 1.29 is 8.42 Å². The molecule has 2 aromatic carbocycles. The molecule has 0 radical (unpaired) electrons. The fraction of sp³-hybridized carbons (Fsp3) is 0.294. The second-order valence-corrected chi connectivity index (χ2v) is 7.59. The summed E-state index contributed by atoms with van der Waals surface area (Å²) in [6.45, 7) is 1.09. The number of hydrogen-bond donors (Lipinski definition) is 1. The van der Waals surface area contributed by atoms with Gasteiger partial charge in [0.2, 0.25) is 0 Å². The van der Waals surface area contributed by atoms with Crippen LogP contribution in [0, 0.1) is 0 Å². The van der Waals surface area contributed by atoms with Crippen LogP contribution in [0.25, 0.3) is 11.1 Å². The van der Waals surface area contributed by atoms with Gasteiger partial charge in [-0.25, -0.2) is 8.42 Å². The van der Waals surface area contributed by atoms with Gasteiger partial charge in [-0.2, -0.15) is 0 Å². The van der Waals surface area contributed by atoms with Gasteiger partial charge >= 0.3 is 0 Å². The summed E-state index contributed by atoms with van der Waals surface area (Å²) in [7, 11) is -3.16. The van der Waals surface area contributed by atoms with Crippen molar-refractivity contribution in [2.75, 3.05) is 12.8 Å². The molecule has 1 saturated heterocycles. The first kappa shape index (κ1) is 14.3. The van der Waals surface area contributed by atoms with Crippen LogP contribution in [0.2, 0.25) is 0 Å². The Balaban J connectivity index is 1.90. The largest absolute Gasteiger partial charge is 0.310 e. The summed E-state index contributed by atoms with van der Waals surface area (Å²) in [6, 6.07) is 16.0. The molecule has 3 nitrogen and oxygen atoms in total. The molecule has 1 fully saturated rings. The van der Waals surface area contributed by atoms with Crippen molar-refractivity contribution in [3.05, 3.63) is 54.1 Å². The van der Waals surface area contributed by atoms with Crippen molar-refractivity contribution in [2.24, 2.45) is 0 Å². The zero-order valence-electron chi connectivity index (χ0n) is 12.0. The monoisotopic (exact) mass is 301 g/mol. The summed E-state index contributed by atoms with van der Waals surface area (Å²) >= 11 is 0. The summed E-state index contributed by atoms with van der Waals surface area (Å²) < 4.78 is 23.3. The molecule has 0 aliphatic carbocycles. The summed E-state index contributed by atoms with van der Waals surface area (Å²) in [6.07, 6.45) is 3.65. The maximum Gasteiger partial charge on any atom is 0.175 e. The fourth-order valence-electron chi connectivity index (χ4n) is 2.78. The maximum atomic E-state index is 11.6. The number of benzene rings is 2. The zero-order valence-corrected chi connectivity index (χ0v) is 12.9. The first-order valence-electron chi connectivity index (χ1n) is 7.18. The van der Waals surface area contributed by atoms with Crippen molar-refractivity contribution in [3.63, 3.8) is 0 Å². The normalized spacial score (nSPS) is 18.8. The minimum Gasteiger partial charge on any atom is -0.310 e. The molecule has 4 heteroatoms. The van der Waals surface area contributed by atoms with E-state index in [9.17, 15) is 8.42 Å². The van der Waals surface area contributed by atoms with E-state index in [0.29, 0.717) is 10.9 Å². The molecule has 1 unspecified atom stereocenters.